The molecule has 1 aliphatic heterocycles. The molecule has 2 aromatic rings. The second-order valence-corrected chi connectivity index (χ2v) is 16.0. The molecule has 1 heterocycles. The number of unbranched alkanes of at least 4 members (excludes halogenated alkanes) is 1. The number of anilines is 2. The number of nitrogens with one attached hydrogen (secondary N) is 6. The number of phenolic OH excluding ortho intramolecular Hbond substituents is 1. The van der Waals surface area contributed by atoms with E-state index in [1.807, 2.05) is 0 Å². The SMILES string of the molecule is COCCOCC(=O)NCCCC[C@H](NC(=O)CCCN1C(=O)C=CC1=O)C(=O)NCCCC(=O)NCC(=O)Nc1ccc(COCC(=O)Nc2cc(C[C@H](N)C[C@H](C)C(=O)O)ccc2O)cc1. The summed E-state index contributed by atoms with van der Waals surface area (Å²) >= 11 is 0. The van der Waals surface area contributed by atoms with Gasteiger partial charge < -0.3 is 62.1 Å². The molecule has 22 heteroatoms. The second kappa shape index (κ2) is 30.5. The van der Waals surface area contributed by atoms with Crippen LogP contribution >= 0.6 is 0 Å². The third kappa shape index (κ3) is 22.2. The highest BCUT2D eigenvalue weighted by Gasteiger charge is 2.24. The monoisotopic (exact) mass is 952 g/mol. The van der Waals surface area contributed by atoms with Gasteiger partial charge in [-0.2, -0.15) is 0 Å². The van der Waals surface area contributed by atoms with Crippen molar-refractivity contribution >= 4 is 64.6 Å². The van der Waals surface area contributed by atoms with Crippen LogP contribution in [0.25, 0.3) is 0 Å². The minimum absolute atomic E-state index is 0.00713. The molecule has 0 aliphatic carbocycles. The molecule has 22 nitrogen and oxygen atoms in total. The summed E-state index contributed by atoms with van der Waals surface area (Å²) in [7, 11) is 1.52. The van der Waals surface area contributed by atoms with Gasteiger partial charge in [-0.3, -0.25) is 48.1 Å². The Bertz CT molecular complexity index is 2050. The van der Waals surface area contributed by atoms with Crippen LogP contribution in [0.5, 0.6) is 5.75 Å². The number of ether oxygens (including phenoxy) is 3. The number of amides is 8. The summed E-state index contributed by atoms with van der Waals surface area (Å²) in [5.74, 6) is -5.28. The molecule has 3 rings (SSSR count). The maximum atomic E-state index is 13.1. The van der Waals surface area contributed by atoms with Gasteiger partial charge in [-0.25, -0.2) is 0 Å². The van der Waals surface area contributed by atoms with E-state index in [4.69, 9.17) is 25.1 Å². The van der Waals surface area contributed by atoms with Crippen molar-refractivity contribution in [2.45, 2.75) is 83.4 Å². The van der Waals surface area contributed by atoms with E-state index in [1.54, 1.807) is 43.3 Å². The number of nitrogens with zero attached hydrogens (tertiary/aromatic N) is 1. The van der Waals surface area contributed by atoms with Crippen LogP contribution in [0.1, 0.15) is 69.4 Å². The fourth-order valence-corrected chi connectivity index (χ4v) is 6.58. The zero-order chi connectivity index (χ0) is 49.8. The molecule has 0 bridgehead atoms. The average Bonchev–Trinajstić information content (AvgIpc) is 3.62. The van der Waals surface area contributed by atoms with E-state index in [9.17, 15) is 48.3 Å². The van der Waals surface area contributed by atoms with Crippen molar-refractivity contribution in [1.82, 2.24) is 26.2 Å². The molecule has 68 heavy (non-hydrogen) atoms. The van der Waals surface area contributed by atoms with E-state index in [1.165, 1.54) is 13.2 Å². The molecule has 0 unspecified atom stereocenters. The molecular weight excluding hydrogens is 889 g/mol. The summed E-state index contributed by atoms with van der Waals surface area (Å²) in [4.78, 5) is 111. The number of imide groups is 1. The Labute approximate surface area is 394 Å². The minimum atomic E-state index is -0.940. The van der Waals surface area contributed by atoms with E-state index in [2.05, 4.69) is 31.9 Å². The molecular formula is C46H64N8O14. The molecule has 10 N–H and O–H groups in total. The average molecular weight is 953 g/mol. The van der Waals surface area contributed by atoms with E-state index in [0.717, 1.165) is 17.1 Å². The van der Waals surface area contributed by atoms with Crippen LogP contribution in [0.2, 0.25) is 0 Å². The Morgan fingerprint density at radius 2 is 1.41 bits per heavy atom. The van der Waals surface area contributed by atoms with Gasteiger partial charge in [0.2, 0.25) is 35.4 Å². The first-order valence-electron chi connectivity index (χ1n) is 22.3. The number of carbonyl (C=O) groups is 9. The summed E-state index contributed by atoms with van der Waals surface area (Å²) in [5, 5.41) is 35.3. The Balaban J connectivity index is 1.34. The molecule has 3 atom stereocenters. The van der Waals surface area contributed by atoms with Crippen LogP contribution in [-0.4, -0.2) is 140 Å². The highest BCUT2D eigenvalue weighted by molar-refractivity contribution is 6.12. The summed E-state index contributed by atoms with van der Waals surface area (Å²) in [6.07, 6.45) is 4.53. The smallest absolute Gasteiger partial charge is 0.306 e. The van der Waals surface area contributed by atoms with Crippen LogP contribution in [0.4, 0.5) is 11.4 Å². The topological polar surface area (TPSA) is 323 Å². The first kappa shape index (κ1) is 55.6. The molecule has 0 radical (unpaired) electrons. The van der Waals surface area contributed by atoms with Crippen LogP contribution < -0.4 is 37.6 Å². The highest BCUT2D eigenvalue weighted by atomic mass is 16.5. The number of carbonyl (C=O) groups excluding carboxylic acids is 8. The molecule has 2 aromatic carbocycles. The van der Waals surface area contributed by atoms with Gasteiger partial charge in [0.15, 0.2) is 0 Å². The lowest BCUT2D eigenvalue weighted by atomic mass is 9.96. The summed E-state index contributed by atoms with van der Waals surface area (Å²) in [6, 6.07) is 9.89. The predicted octanol–water partition coefficient (Wildman–Crippen LogP) is 0.619. The number of methoxy groups -OCH3 is 1. The van der Waals surface area contributed by atoms with Crippen LogP contribution in [0, 0.1) is 5.92 Å². The second-order valence-electron chi connectivity index (χ2n) is 16.0. The fraction of sp³-hybridized carbons (Fsp3) is 0.500. The van der Waals surface area contributed by atoms with E-state index in [0.29, 0.717) is 49.2 Å². The van der Waals surface area contributed by atoms with Crippen molar-refractivity contribution in [3.8, 4) is 5.75 Å². The van der Waals surface area contributed by atoms with E-state index in [-0.39, 0.29) is 102 Å². The molecule has 0 spiro atoms. The zero-order valence-corrected chi connectivity index (χ0v) is 38.5. The Morgan fingerprint density at radius 3 is 2.12 bits per heavy atom. The maximum Gasteiger partial charge on any atom is 0.306 e. The van der Waals surface area contributed by atoms with Gasteiger partial charge in [0.05, 0.1) is 38.0 Å². The van der Waals surface area contributed by atoms with Crippen molar-refractivity contribution in [3.05, 3.63) is 65.7 Å². The van der Waals surface area contributed by atoms with Crippen LogP contribution in [0.15, 0.2) is 54.6 Å². The molecule has 372 valence electrons. The lowest BCUT2D eigenvalue weighted by molar-refractivity contribution is -0.141. The van der Waals surface area contributed by atoms with Crippen LogP contribution in [0.3, 0.4) is 0 Å². The number of aromatic hydroxyl groups is 1. The fourth-order valence-electron chi connectivity index (χ4n) is 6.58. The van der Waals surface area contributed by atoms with Crippen molar-refractivity contribution < 1.29 is 67.6 Å². The quantitative estimate of drug-likeness (QED) is 0.0269. The first-order chi connectivity index (χ1) is 32.5. The van der Waals surface area contributed by atoms with Gasteiger partial charge in [-0.15, -0.1) is 0 Å². The number of carboxylic acids is 1. The third-order valence-corrected chi connectivity index (χ3v) is 10.2. The molecule has 0 fully saturated rings. The van der Waals surface area contributed by atoms with Crippen molar-refractivity contribution in [2.75, 3.05) is 70.3 Å². The summed E-state index contributed by atoms with van der Waals surface area (Å²) in [6.45, 7) is 1.99. The normalized spacial score (nSPS) is 13.3. The number of hydrogen-bond donors (Lipinski definition) is 9. The number of hydrogen-bond acceptors (Lipinski definition) is 14. The van der Waals surface area contributed by atoms with E-state index >= 15 is 0 Å². The number of aliphatic carboxylic acids is 1. The largest absolute Gasteiger partial charge is 0.506 e. The van der Waals surface area contributed by atoms with Gasteiger partial charge >= 0.3 is 5.97 Å². The van der Waals surface area contributed by atoms with E-state index < -0.39 is 65.3 Å². The molecule has 8 amide bonds. The highest BCUT2D eigenvalue weighted by Crippen LogP contribution is 2.25. The predicted molar refractivity (Wildman–Crippen MR) is 246 cm³/mol. The van der Waals surface area contributed by atoms with Gasteiger partial charge in [0.25, 0.3) is 11.8 Å². The van der Waals surface area contributed by atoms with Gasteiger partial charge in [-0.05, 0) is 80.3 Å². The number of nitrogens with two attached hydrogens (primary N) is 1. The maximum absolute atomic E-state index is 13.1. The first-order valence-corrected chi connectivity index (χ1v) is 22.3. The van der Waals surface area contributed by atoms with Crippen molar-refractivity contribution in [3.63, 3.8) is 0 Å². The lowest BCUT2D eigenvalue weighted by Crippen LogP contribution is -2.47. The molecule has 0 saturated carbocycles. The Morgan fingerprint density at radius 1 is 0.735 bits per heavy atom. The number of phenols is 1. The van der Waals surface area contributed by atoms with Gasteiger partial charge in [-0.1, -0.05) is 25.1 Å². The number of carboxylic acid groups (broad SMARTS) is 1. The zero-order valence-electron chi connectivity index (χ0n) is 38.5. The molecule has 0 saturated heterocycles. The minimum Gasteiger partial charge on any atom is -0.506 e. The Hall–Kier alpha value is -6.75. The summed E-state index contributed by atoms with van der Waals surface area (Å²) in [5.41, 5.74) is 8.12. The van der Waals surface area contributed by atoms with Gasteiger partial charge in [0, 0.05) is 63.5 Å². The van der Waals surface area contributed by atoms with Crippen molar-refractivity contribution in [1.29, 1.82) is 0 Å². The molecule has 1 aliphatic rings. The summed E-state index contributed by atoms with van der Waals surface area (Å²) < 4.78 is 15.6. The van der Waals surface area contributed by atoms with Crippen molar-refractivity contribution in [2.24, 2.45) is 11.7 Å². The van der Waals surface area contributed by atoms with Crippen LogP contribution in [-0.2, 0) is 70.4 Å². The number of rotatable bonds is 33. The molecule has 0 aromatic heterocycles. The Kier molecular flexibility index (Phi) is 24.9. The third-order valence-electron chi connectivity index (χ3n) is 10.2. The van der Waals surface area contributed by atoms with Gasteiger partial charge in [0.1, 0.15) is 25.0 Å². The lowest BCUT2D eigenvalue weighted by Gasteiger charge is -2.19. The number of benzene rings is 2. The standard InChI is InChI=1S/C46H64N8O14/c1-30(46(64)65)23-33(47)24-32-12-15-37(55)36(25-32)53-42(60)29-68-27-31-10-13-34(14-11-31)51-40(58)26-50-38(56)8-5-19-49-45(63)35(7-3-4-18-48-41(59)28-67-22-21-66-2)52-39(57)9-6-20-54-43(61)16-17-44(54)62/h10-17,25,30,33,35,55H,3-9,18-24,26-29,47H2,1-2H3,(H,48,59)(H,49,63)(H,50,56)(H,51,58)(H,52,57)(H,53,60)(H,64,65)/t30-,33+,35-/m0/s1.